The zero-order chi connectivity index (χ0) is 14.5. The third-order valence-electron chi connectivity index (χ3n) is 3.87. The van der Waals surface area contributed by atoms with E-state index in [0.717, 1.165) is 30.1 Å². The van der Waals surface area contributed by atoms with E-state index in [1.165, 1.54) is 12.8 Å². The highest BCUT2D eigenvalue weighted by atomic mass is 16.1. The van der Waals surface area contributed by atoms with Gasteiger partial charge in [0.25, 0.3) is 0 Å². The number of carbonyl (C=O) groups excluding carboxylic acids is 1. The van der Waals surface area contributed by atoms with Gasteiger partial charge >= 0.3 is 0 Å². The summed E-state index contributed by atoms with van der Waals surface area (Å²) in [5.41, 5.74) is 1.89. The van der Waals surface area contributed by atoms with E-state index in [1.54, 1.807) is 0 Å². The smallest absolute Gasteiger partial charge is 0.246 e. The van der Waals surface area contributed by atoms with Crippen LogP contribution < -0.4 is 10.6 Å². The SMILES string of the molecule is CC(Nc1ccc(NC(=O)C2CCCC2)cc1)=[N+](C)C. The van der Waals surface area contributed by atoms with E-state index in [9.17, 15) is 4.79 Å². The third kappa shape index (κ3) is 3.83. The quantitative estimate of drug-likeness (QED) is 0.505. The van der Waals surface area contributed by atoms with Crippen molar-refractivity contribution in [2.45, 2.75) is 32.6 Å². The van der Waals surface area contributed by atoms with Crippen molar-refractivity contribution < 1.29 is 9.37 Å². The first kappa shape index (κ1) is 14.6. The summed E-state index contributed by atoms with van der Waals surface area (Å²) < 4.78 is 2.02. The van der Waals surface area contributed by atoms with Crippen LogP contribution in [0.2, 0.25) is 0 Å². The van der Waals surface area contributed by atoms with E-state index in [4.69, 9.17) is 0 Å². The van der Waals surface area contributed by atoms with Gasteiger partial charge < -0.3 is 5.32 Å². The molecule has 1 aliphatic carbocycles. The summed E-state index contributed by atoms with van der Waals surface area (Å²) in [5, 5.41) is 6.31. The van der Waals surface area contributed by atoms with Gasteiger partial charge in [-0.05, 0) is 37.1 Å². The van der Waals surface area contributed by atoms with Crippen molar-refractivity contribution in [3.05, 3.63) is 24.3 Å². The standard InChI is InChI=1S/C16H23N3O/c1-12(19(2)3)17-14-8-10-15(11-9-14)18-16(20)13-6-4-5-7-13/h8-11,13H,4-7H2,1-3H3,(H,18,20)/p+1. The van der Waals surface area contributed by atoms with Gasteiger partial charge in [-0.1, -0.05) is 12.8 Å². The first-order valence-corrected chi connectivity index (χ1v) is 7.25. The fourth-order valence-electron chi connectivity index (χ4n) is 2.39. The van der Waals surface area contributed by atoms with Crippen LogP contribution in [0.3, 0.4) is 0 Å². The van der Waals surface area contributed by atoms with Crippen LogP contribution in [-0.4, -0.2) is 30.4 Å². The van der Waals surface area contributed by atoms with Crippen LogP contribution in [0.25, 0.3) is 0 Å². The molecule has 2 rings (SSSR count). The molecule has 20 heavy (non-hydrogen) atoms. The summed E-state index contributed by atoms with van der Waals surface area (Å²) in [6.45, 7) is 2.02. The van der Waals surface area contributed by atoms with E-state index in [1.807, 2.05) is 49.9 Å². The number of carbonyl (C=O) groups is 1. The Morgan fingerprint density at radius 2 is 1.55 bits per heavy atom. The highest BCUT2D eigenvalue weighted by Crippen LogP contribution is 2.26. The lowest BCUT2D eigenvalue weighted by Gasteiger charge is -2.10. The van der Waals surface area contributed by atoms with E-state index < -0.39 is 0 Å². The Bertz CT molecular complexity index is 495. The van der Waals surface area contributed by atoms with Crippen LogP contribution in [-0.2, 0) is 4.79 Å². The summed E-state index contributed by atoms with van der Waals surface area (Å²) in [4.78, 5) is 12.0. The highest BCUT2D eigenvalue weighted by molar-refractivity contribution is 5.93. The minimum atomic E-state index is 0.166. The average Bonchev–Trinajstić information content (AvgIpc) is 2.95. The number of hydrogen-bond acceptors (Lipinski definition) is 1. The maximum Gasteiger partial charge on any atom is 0.246 e. The first-order valence-electron chi connectivity index (χ1n) is 7.25. The van der Waals surface area contributed by atoms with Crippen molar-refractivity contribution in [1.82, 2.24) is 0 Å². The number of nitrogens with one attached hydrogen (secondary N) is 2. The maximum atomic E-state index is 12.0. The molecule has 2 N–H and O–H groups in total. The van der Waals surface area contributed by atoms with E-state index >= 15 is 0 Å². The minimum absolute atomic E-state index is 0.166. The lowest BCUT2D eigenvalue weighted by atomic mass is 10.1. The Hall–Kier alpha value is -1.84. The molecule has 0 spiro atoms. The molecule has 1 aromatic rings. The van der Waals surface area contributed by atoms with Gasteiger partial charge in [0.2, 0.25) is 11.7 Å². The van der Waals surface area contributed by atoms with Gasteiger partial charge in [0.05, 0.1) is 14.1 Å². The molecule has 4 heteroatoms. The first-order chi connectivity index (χ1) is 9.56. The predicted octanol–water partition coefficient (Wildman–Crippen LogP) is 2.92. The molecule has 0 radical (unpaired) electrons. The fraction of sp³-hybridized carbons (Fsp3) is 0.500. The van der Waals surface area contributed by atoms with Crippen LogP contribution >= 0.6 is 0 Å². The molecule has 0 heterocycles. The molecule has 0 aromatic heterocycles. The van der Waals surface area contributed by atoms with Gasteiger partial charge in [0.15, 0.2) is 0 Å². The van der Waals surface area contributed by atoms with Crippen molar-refractivity contribution in [3.63, 3.8) is 0 Å². The number of anilines is 2. The molecular weight excluding hydrogens is 250 g/mol. The molecule has 0 saturated heterocycles. The highest BCUT2D eigenvalue weighted by Gasteiger charge is 2.22. The van der Waals surface area contributed by atoms with Gasteiger partial charge in [0, 0.05) is 18.5 Å². The molecule has 0 atom stereocenters. The van der Waals surface area contributed by atoms with E-state index in [0.29, 0.717) is 0 Å². The Morgan fingerprint density at radius 3 is 2.05 bits per heavy atom. The topological polar surface area (TPSA) is 44.1 Å². The Morgan fingerprint density at radius 1 is 1.05 bits per heavy atom. The number of rotatable bonds is 3. The van der Waals surface area contributed by atoms with Crippen molar-refractivity contribution in [2.24, 2.45) is 5.92 Å². The normalized spacial score (nSPS) is 14.9. The van der Waals surface area contributed by atoms with E-state index in [2.05, 4.69) is 10.6 Å². The lowest BCUT2D eigenvalue weighted by Crippen LogP contribution is -2.20. The second kappa shape index (κ2) is 6.55. The summed E-state index contributed by atoms with van der Waals surface area (Å²) in [5.74, 6) is 1.45. The van der Waals surface area contributed by atoms with Crippen molar-refractivity contribution >= 4 is 23.1 Å². The summed E-state index contributed by atoms with van der Waals surface area (Å²) >= 11 is 0. The van der Waals surface area contributed by atoms with Crippen LogP contribution in [0, 0.1) is 5.92 Å². The van der Waals surface area contributed by atoms with Gasteiger partial charge in [-0.3, -0.25) is 9.37 Å². The van der Waals surface area contributed by atoms with Crippen molar-refractivity contribution in [3.8, 4) is 0 Å². The van der Waals surface area contributed by atoms with Gasteiger partial charge in [0.1, 0.15) is 5.69 Å². The molecule has 1 aromatic carbocycles. The molecule has 0 unspecified atom stereocenters. The van der Waals surface area contributed by atoms with Crippen LogP contribution in [0.4, 0.5) is 11.4 Å². The molecule has 0 aliphatic heterocycles. The predicted molar refractivity (Wildman–Crippen MR) is 83.4 cm³/mol. The lowest BCUT2D eigenvalue weighted by molar-refractivity contribution is -0.464. The summed E-state index contributed by atoms with van der Waals surface area (Å²) in [7, 11) is 4.00. The number of hydrogen-bond donors (Lipinski definition) is 2. The van der Waals surface area contributed by atoms with Crippen molar-refractivity contribution in [1.29, 1.82) is 0 Å². The van der Waals surface area contributed by atoms with Gasteiger partial charge in [-0.15, -0.1) is 0 Å². The molecule has 108 valence electrons. The van der Waals surface area contributed by atoms with Crippen molar-refractivity contribution in [2.75, 3.05) is 24.7 Å². The number of benzene rings is 1. The number of amides is 1. The monoisotopic (exact) mass is 274 g/mol. The molecular formula is C16H24N3O+. The summed E-state index contributed by atoms with van der Waals surface area (Å²) in [6.07, 6.45) is 4.42. The largest absolute Gasteiger partial charge is 0.326 e. The second-order valence-corrected chi connectivity index (χ2v) is 5.65. The summed E-state index contributed by atoms with van der Waals surface area (Å²) in [6, 6.07) is 7.85. The molecule has 0 bridgehead atoms. The zero-order valence-electron chi connectivity index (χ0n) is 12.6. The Labute approximate surface area is 120 Å². The number of amidine groups is 1. The third-order valence-corrected chi connectivity index (χ3v) is 3.87. The number of nitrogens with zero attached hydrogens (tertiary/aromatic N) is 1. The molecule has 1 fully saturated rings. The van der Waals surface area contributed by atoms with E-state index in [-0.39, 0.29) is 11.8 Å². The van der Waals surface area contributed by atoms with Gasteiger partial charge in [-0.25, -0.2) is 5.32 Å². The molecule has 4 nitrogen and oxygen atoms in total. The Kier molecular flexibility index (Phi) is 4.77. The maximum absolute atomic E-state index is 12.0. The van der Waals surface area contributed by atoms with Crippen LogP contribution in [0.5, 0.6) is 0 Å². The van der Waals surface area contributed by atoms with Gasteiger partial charge in [-0.2, -0.15) is 0 Å². The second-order valence-electron chi connectivity index (χ2n) is 5.65. The average molecular weight is 274 g/mol. The zero-order valence-corrected chi connectivity index (χ0v) is 12.6. The van der Waals surface area contributed by atoms with Crippen LogP contribution in [0.15, 0.2) is 24.3 Å². The fourth-order valence-corrected chi connectivity index (χ4v) is 2.39. The minimum Gasteiger partial charge on any atom is -0.326 e. The Balaban J connectivity index is 1.94. The molecule has 1 aliphatic rings. The molecule has 1 saturated carbocycles. The molecule has 1 amide bonds. The van der Waals surface area contributed by atoms with Crippen LogP contribution in [0.1, 0.15) is 32.6 Å².